The molecule has 1 aromatic carbocycles. The van der Waals surface area contributed by atoms with Crippen LogP contribution in [0.25, 0.3) is 0 Å². The van der Waals surface area contributed by atoms with Crippen molar-refractivity contribution in [2.24, 2.45) is 0 Å². The minimum atomic E-state index is -3.75. The zero-order valence-corrected chi connectivity index (χ0v) is 13.6. The number of piperazine rings is 1. The lowest BCUT2D eigenvalue weighted by Crippen LogP contribution is -2.50. The summed E-state index contributed by atoms with van der Waals surface area (Å²) in [6.45, 7) is 0.517. The van der Waals surface area contributed by atoms with Crippen LogP contribution in [0, 0.1) is 0 Å². The summed E-state index contributed by atoms with van der Waals surface area (Å²) in [4.78, 5) is 13.3. The maximum absolute atomic E-state index is 12.6. The first-order valence-electron chi connectivity index (χ1n) is 5.94. The second kappa shape index (κ2) is 5.71. The fourth-order valence-corrected chi connectivity index (χ4v) is 4.01. The number of carbonyl (C=O) groups is 1. The highest BCUT2D eigenvalue weighted by atomic mass is 79.9. The Labute approximate surface area is 126 Å². The number of hydrogen-bond acceptors (Lipinski definition) is 4. The quantitative estimate of drug-likeness (QED) is 0.801. The van der Waals surface area contributed by atoms with Gasteiger partial charge in [0, 0.05) is 24.6 Å². The number of rotatable bonds is 3. The normalized spacial score (nSPS) is 17.4. The maximum atomic E-state index is 12.6. The van der Waals surface area contributed by atoms with Crippen LogP contribution < -0.4 is 4.74 Å². The Morgan fingerprint density at radius 3 is 2.60 bits per heavy atom. The van der Waals surface area contributed by atoms with E-state index in [0.717, 1.165) is 0 Å². The average Bonchev–Trinajstić information content (AvgIpc) is 2.41. The van der Waals surface area contributed by atoms with E-state index in [-0.39, 0.29) is 29.6 Å². The van der Waals surface area contributed by atoms with E-state index in [2.05, 4.69) is 15.9 Å². The number of sulfonamides is 1. The molecule has 0 atom stereocenters. The van der Waals surface area contributed by atoms with Gasteiger partial charge in [-0.05, 0) is 18.2 Å². The molecule has 0 aliphatic carbocycles. The van der Waals surface area contributed by atoms with Crippen LogP contribution in [0.5, 0.6) is 5.75 Å². The van der Waals surface area contributed by atoms with Crippen molar-refractivity contribution >= 4 is 31.9 Å². The molecule has 0 aromatic heterocycles. The van der Waals surface area contributed by atoms with Gasteiger partial charge >= 0.3 is 0 Å². The van der Waals surface area contributed by atoms with Crippen LogP contribution in [0.2, 0.25) is 0 Å². The number of benzene rings is 1. The molecule has 1 heterocycles. The molecule has 1 amide bonds. The first kappa shape index (κ1) is 15.3. The molecular weight excluding hydrogens is 348 g/mol. The topological polar surface area (TPSA) is 66.9 Å². The van der Waals surface area contributed by atoms with Crippen LogP contribution in [0.4, 0.5) is 0 Å². The molecule has 0 unspecified atom stereocenters. The van der Waals surface area contributed by atoms with Gasteiger partial charge in [0.25, 0.3) is 0 Å². The van der Waals surface area contributed by atoms with Gasteiger partial charge in [0.2, 0.25) is 15.9 Å². The van der Waals surface area contributed by atoms with Crippen molar-refractivity contribution in [3.05, 3.63) is 22.7 Å². The van der Waals surface area contributed by atoms with Gasteiger partial charge in [-0.15, -0.1) is 0 Å². The summed E-state index contributed by atoms with van der Waals surface area (Å²) in [6.07, 6.45) is 0. The van der Waals surface area contributed by atoms with Gasteiger partial charge < -0.3 is 9.64 Å². The second-order valence-corrected chi connectivity index (χ2v) is 7.27. The molecule has 1 aliphatic heterocycles. The summed E-state index contributed by atoms with van der Waals surface area (Å²) < 4.78 is 32.2. The lowest BCUT2D eigenvalue weighted by molar-refractivity contribution is -0.132. The minimum absolute atomic E-state index is 0.0618. The van der Waals surface area contributed by atoms with Gasteiger partial charge in [0.1, 0.15) is 10.6 Å². The number of methoxy groups -OCH3 is 1. The van der Waals surface area contributed by atoms with Crippen LogP contribution in [-0.2, 0) is 14.8 Å². The molecule has 1 aliphatic rings. The van der Waals surface area contributed by atoms with E-state index in [0.29, 0.717) is 11.0 Å². The summed E-state index contributed by atoms with van der Waals surface area (Å²) >= 11 is 3.25. The number of amides is 1. The highest BCUT2D eigenvalue weighted by Gasteiger charge is 2.33. The standard InChI is InChI=1S/C12H15BrN2O4S/c1-14-5-6-15(8-12(14)16)20(17,18)11-7-9(13)3-4-10(11)19-2/h3-4,7H,5-6,8H2,1-2H3. The zero-order valence-electron chi connectivity index (χ0n) is 11.2. The number of nitrogens with zero attached hydrogens (tertiary/aromatic N) is 2. The van der Waals surface area contributed by atoms with Crippen molar-refractivity contribution < 1.29 is 17.9 Å². The molecule has 0 radical (unpaired) electrons. The van der Waals surface area contributed by atoms with Crippen molar-refractivity contribution in [3.8, 4) is 5.75 Å². The smallest absolute Gasteiger partial charge is 0.247 e. The fourth-order valence-electron chi connectivity index (χ4n) is 1.93. The van der Waals surface area contributed by atoms with Gasteiger partial charge in [-0.1, -0.05) is 15.9 Å². The van der Waals surface area contributed by atoms with Crippen LogP contribution in [0.1, 0.15) is 0 Å². The van der Waals surface area contributed by atoms with E-state index in [1.165, 1.54) is 22.4 Å². The molecule has 20 heavy (non-hydrogen) atoms. The molecule has 0 spiro atoms. The predicted molar refractivity (Wildman–Crippen MR) is 77.1 cm³/mol. The third-order valence-electron chi connectivity index (χ3n) is 3.17. The Morgan fingerprint density at radius 2 is 2.00 bits per heavy atom. The molecule has 8 heteroatoms. The predicted octanol–water partition coefficient (Wildman–Crippen LogP) is 0.920. The van der Waals surface area contributed by atoms with Gasteiger partial charge in [-0.25, -0.2) is 8.42 Å². The third kappa shape index (κ3) is 2.82. The summed E-state index contributed by atoms with van der Waals surface area (Å²) in [6, 6.07) is 4.76. The minimum Gasteiger partial charge on any atom is -0.495 e. The first-order chi connectivity index (χ1) is 9.36. The highest BCUT2D eigenvalue weighted by molar-refractivity contribution is 9.10. The van der Waals surface area contributed by atoms with Gasteiger partial charge in [0.05, 0.1) is 13.7 Å². The monoisotopic (exact) mass is 362 g/mol. The zero-order chi connectivity index (χ0) is 14.9. The molecular formula is C12H15BrN2O4S. The van der Waals surface area contributed by atoms with E-state index < -0.39 is 10.0 Å². The summed E-state index contributed by atoms with van der Waals surface area (Å²) in [5.41, 5.74) is 0. The number of carbonyl (C=O) groups excluding carboxylic acids is 1. The molecule has 1 fully saturated rings. The molecule has 0 N–H and O–H groups in total. The van der Waals surface area contributed by atoms with Crippen LogP contribution >= 0.6 is 15.9 Å². The average molecular weight is 363 g/mol. The summed E-state index contributed by atoms with van der Waals surface area (Å²) in [5, 5.41) is 0. The molecule has 2 rings (SSSR count). The van der Waals surface area contributed by atoms with E-state index >= 15 is 0 Å². The number of hydrogen-bond donors (Lipinski definition) is 0. The third-order valence-corrected chi connectivity index (χ3v) is 5.53. The van der Waals surface area contributed by atoms with E-state index in [9.17, 15) is 13.2 Å². The molecule has 110 valence electrons. The van der Waals surface area contributed by atoms with E-state index in [1.807, 2.05) is 0 Å². The van der Waals surface area contributed by atoms with Gasteiger partial charge in [-0.2, -0.15) is 4.31 Å². The Morgan fingerprint density at radius 1 is 1.30 bits per heavy atom. The van der Waals surface area contributed by atoms with Crippen molar-refractivity contribution in [1.29, 1.82) is 0 Å². The molecule has 0 bridgehead atoms. The van der Waals surface area contributed by atoms with Crippen molar-refractivity contribution in [2.75, 3.05) is 33.8 Å². The van der Waals surface area contributed by atoms with Crippen molar-refractivity contribution in [3.63, 3.8) is 0 Å². The Kier molecular flexibility index (Phi) is 4.36. The van der Waals surface area contributed by atoms with E-state index in [4.69, 9.17) is 4.74 Å². The van der Waals surface area contributed by atoms with Gasteiger partial charge in [-0.3, -0.25) is 4.79 Å². The maximum Gasteiger partial charge on any atom is 0.247 e. The largest absolute Gasteiger partial charge is 0.495 e. The summed E-state index contributed by atoms with van der Waals surface area (Å²) in [5.74, 6) is 0.0494. The molecule has 0 saturated carbocycles. The Balaban J connectivity index is 2.40. The first-order valence-corrected chi connectivity index (χ1v) is 8.17. The van der Waals surface area contributed by atoms with Crippen LogP contribution in [0.15, 0.2) is 27.6 Å². The van der Waals surface area contributed by atoms with Crippen LogP contribution in [-0.4, -0.2) is 57.3 Å². The van der Waals surface area contributed by atoms with Gasteiger partial charge in [0.15, 0.2) is 0 Å². The Bertz CT molecular complexity index is 632. The number of ether oxygens (including phenoxy) is 1. The summed E-state index contributed by atoms with van der Waals surface area (Å²) in [7, 11) is -0.680. The molecule has 6 nitrogen and oxygen atoms in total. The Hall–Kier alpha value is -1.12. The fraction of sp³-hybridized carbons (Fsp3) is 0.417. The molecule has 1 aromatic rings. The lowest BCUT2D eigenvalue weighted by Gasteiger charge is -2.31. The lowest BCUT2D eigenvalue weighted by atomic mass is 10.3. The van der Waals surface area contributed by atoms with Crippen molar-refractivity contribution in [1.82, 2.24) is 9.21 Å². The van der Waals surface area contributed by atoms with Crippen molar-refractivity contribution in [2.45, 2.75) is 4.90 Å². The molecule has 1 saturated heterocycles. The SMILES string of the molecule is COc1ccc(Br)cc1S(=O)(=O)N1CCN(C)C(=O)C1. The number of likely N-dealkylation sites (N-methyl/N-ethyl adjacent to an activating group) is 1. The van der Waals surface area contributed by atoms with E-state index in [1.54, 1.807) is 19.2 Å². The van der Waals surface area contributed by atoms with Crippen LogP contribution in [0.3, 0.4) is 0 Å². The highest BCUT2D eigenvalue weighted by Crippen LogP contribution is 2.30. The number of halogens is 1. The second-order valence-electron chi connectivity index (χ2n) is 4.45.